The topological polar surface area (TPSA) is 261 Å². The van der Waals surface area contributed by atoms with Gasteiger partial charge in [0.2, 0.25) is 0 Å². The third-order valence-electron chi connectivity index (χ3n) is 7.80. The van der Waals surface area contributed by atoms with E-state index in [4.69, 9.17) is 26.0 Å². The lowest BCUT2D eigenvalue weighted by Crippen LogP contribution is -2.28. The van der Waals surface area contributed by atoms with Crippen molar-refractivity contribution >= 4 is 23.5 Å². The summed E-state index contributed by atoms with van der Waals surface area (Å²) >= 11 is 0. The molecule has 10 N–H and O–H groups in total. The van der Waals surface area contributed by atoms with E-state index >= 15 is 0 Å². The number of aliphatic hydroxyl groups excluding tert-OH is 4. The van der Waals surface area contributed by atoms with Crippen LogP contribution in [0.2, 0.25) is 0 Å². The maximum Gasteiger partial charge on any atom is 0.267 e. The van der Waals surface area contributed by atoms with Crippen LogP contribution in [0.3, 0.4) is 0 Å². The molecule has 16 nitrogen and oxygen atoms in total. The summed E-state index contributed by atoms with van der Waals surface area (Å²) in [6.07, 6.45) is -0.978. The van der Waals surface area contributed by atoms with Crippen molar-refractivity contribution < 1.29 is 48.3 Å². The third kappa shape index (κ3) is 12.2. The predicted octanol–water partition coefficient (Wildman–Crippen LogP) is 3.88. The van der Waals surface area contributed by atoms with Crippen LogP contribution in [0.15, 0.2) is 109 Å². The summed E-state index contributed by atoms with van der Waals surface area (Å²) in [6, 6.07) is 26.8. The van der Waals surface area contributed by atoms with Gasteiger partial charge in [-0.05, 0) is 97.1 Å². The first-order chi connectivity index (χ1) is 27.9. The van der Waals surface area contributed by atoms with Gasteiger partial charge in [-0.15, -0.1) is 0 Å². The first-order valence-electron chi connectivity index (χ1n) is 17.4. The lowest BCUT2D eigenvalue weighted by Gasteiger charge is -2.15. The van der Waals surface area contributed by atoms with Crippen molar-refractivity contribution in [2.24, 2.45) is 11.5 Å². The smallest absolute Gasteiger partial charge is 0.267 e. The maximum absolute atomic E-state index is 13.0. The van der Waals surface area contributed by atoms with Gasteiger partial charge >= 0.3 is 0 Å². The van der Waals surface area contributed by atoms with E-state index in [1.165, 1.54) is 60.7 Å². The van der Waals surface area contributed by atoms with Crippen LogP contribution in [0.25, 0.3) is 22.8 Å². The molecule has 4 aromatic carbocycles. The molecule has 0 saturated heterocycles. The molecule has 0 unspecified atom stereocenters. The van der Waals surface area contributed by atoms with Crippen LogP contribution >= 0.6 is 0 Å². The van der Waals surface area contributed by atoms with Gasteiger partial charge in [-0.3, -0.25) is 9.59 Å². The summed E-state index contributed by atoms with van der Waals surface area (Å²) in [4.78, 5) is 40.1. The Morgan fingerprint density at radius 1 is 0.586 bits per heavy atom. The SMILES string of the molecule is NC(=O)c1cc(NC(CO)CO)nc(-c2ccc(Oc3ccc(F)cc3)cc2)n1.NC(=O)c1cc(NC[C@H](O)CO)nc(-c2ccc(Oc3ccc(F)cc3)cc2)n1. The highest BCUT2D eigenvalue weighted by Gasteiger charge is 2.15. The van der Waals surface area contributed by atoms with Crippen molar-refractivity contribution in [3.05, 3.63) is 132 Å². The lowest BCUT2D eigenvalue weighted by atomic mass is 10.2. The molecule has 0 radical (unpaired) electrons. The normalized spacial score (nSPS) is 11.2. The van der Waals surface area contributed by atoms with Gasteiger partial charge < -0.3 is 52.0 Å². The predicted molar refractivity (Wildman–Crippen MR) is 208 cm³/mol. The van der Waals surface area contributed by atoms with Crippen molar-refractivity contribution in [1.29, 1.82) is 0 Å². The van der Waals surface area contributed by atoms with Crippen LogP contribution in [0.4, 0.5) is 20.4 Å². The Kier molecular flexibility index (Phi) is 14.6. The highest BCUT2D eigenvalue weighted by Crippen LogP contribution is 2.27. The third-order valence-corrected chi connectivity index (χ3v) is 7.80. The fourth-order valence-electron chi connectivity index (χ4n) is 4.84. The van der Waals surface area contributed by atoms with Crippen molar-refractivity contribution in [3.63, 3.8) is 0 Å². The summed E-state index contributed by atoms with van der Waals surface area (Å²) < 4.78 is 37.2. The van der Waals surface area contributed by atoms with Crippen LogP contribution in [0.5, 0.6) is 23.0 Å². The van der Waals surface area contributed by atoms with Gasteiger partial charge in [0.15, 0.2) is 11.6 Å². The minimum Gasteiger partial charge on any atom is -0.457 e. The number of benzene rings is 4. The molecule has 0 spiro atoms. The van der Waals surface area contributed by atoms with Crippen molar-refractivity contribution in [2.75, 3.05) is 37.0 Å². The molecule has 2 aromatic heterocycles. The average molecular weight is 797 g/mol. The van der Waals surface area contributed by atoms with Gasteiger partial charge in [-0.25, -0.2) is 28.7 Å². The zero-order chi connectivity index (χ0) is 41.6. The second-order valence-corrected chi connectivity index (χ2v) is 12.2. The second kappa shape index (κ2) is 20.2. The highest BCUT2D eigenvalue weighted by atomic mass is 19.1. The molecule has 2 amide bonds. The van der Waals surface area contributed by atoms with Crippen LogP contribution in [0, 0.1) is 11.6 Å². The van der Waals surface area contributed by atoms with Crippen LogP contribution in [-0.4, -0.2) is 90.7 Å². The minimum absolute atomic E-state index is 0.00243. The molecule has 1 atom stereocenters. The van der Waals surface area contributed by atoms with Crippen LogP contribution in [0.1, 0.15) is 21.0 Å². The number of aliphatic hydroxyl groups is 4. The molecule has 18 heteroatoms. The molecule has 0 saturated carbocycles. The van der Waals surface area contributed by atoms with E-state index in [0.29, 0.717) is 34.1 Å². The molecule has 0 bridgehead atoms. The van der Waals surface area contributed by atoms with Gasteiger partial charge in [0, 0.05) is 29.8 Å². The fraction of sp³-hybridized carbons (Fsp3) is 0.150. The summed E-state index contributed by atoms with van der Waals surface area (Å²) in [7, 11) is 0. The molecule has 2 heterocycles. The van der Waals surface area contributed by atoms with Gasteiger partial charge in [0.05, 0.1) is 32.0 Å². The van der Waals surface area contributed by atoms with E-state index in [2.05, 4.69) is 30.6 Å². The van der Waals surface area contributed by atoms with E-state index < -0.39 is 30.6 Å². The maximum atomic E-state index is 13.0. The monoisotopic (exact) mass is 796 g/mol. The number of carbonyl (C=O) groups is 2. The first kappa shape index (κ1) is 42.0. The number of hydrogen-bond acceptors (Lipinski definition) is 14. The zero-order valence-electron chi connectivity index (χ0n) is 30.5. The van der Waals surface area contributed by atoms with Gasteiger partial charge in [-0.2, -0.15) is 0 Å². The molecular weight excluding hydrogens is 758 g/mol. The number of hydrogen-bond donors (Lipinski definition) is 8. The first-order valence-corrected chi connectivity index (χ1v) is 17.4. The Balaban J connectivity index is 0.000000221. The Bertz CT molecular complexity index is 2280. The molecule has 6 aromatic rings. The summed E-state index contributed by atoms with van der Waals surface area (Å²) in [5.74, 6) is 0.836. The second-order valence-electron chi connectivity index (χ2n) is 12.2. The fourth-order valence-corrected chi connectivity index (χ4v) is 4.84. The quantitative estimate of drug-likeness (QED) is 0.0692. The molecule has 0 aliphatic heterocycles. The standard InChI is InChI=1S/2C20H19FN4O4/c21-13-3-7-16(8-4-13)29-15-5-1-12(2-6-15)20-24-17(19(22)28)9-18(25-20)23-14(10-26)11-27;21-13-3-7-16(8-4-13)29-15-5-1-12(2-6-15)20-24-17(19(22)28)9-18(25-20)23-10-14(27)11-26/h2*1-9,14,26-27H,10-11H2,(H2,22,28)(H,23,24,25)/t;14-/m.0/s1. The van der Waals surface area contributed by atoms with Crippen molar-refractivity contribution in [3.8, 4) is 45.8 Å². The number of carbonyl (C=O) groups excluding carboxylic acids is 2. The molecule has 58 heavy (non-hydrogen) atoms. The zero-order valence-corrected chi connectivity index (χ0v) is 30.5. The minimum atomic E-state index is -0.978. The number of anilines is 2. The number of halogens is 2. The van der Waals surface area contributed by atoms with E-state index in [0.717, 1.165) is 0 Å². The number of ether oxygens (including phenoxy) is 2. The molecule has 300 valence electrons. The number of nitrogens with one attached hydrogen (secondary N) is 2. The van der Waals surface area contributed by atoms with E-state index in [1.807, 2.05) is 0 Å². The lowest BCUT2D eigenvalue weighted by molar-refractivity contribution is 0.0987. The highest BCUT2D eigenvalue weighted by molar-refractivity contribution is 5.92. The number of nitrogens with two attached hydrogens (primary N) is 2. The number of aromatic nitrogens is 4. The molecule has 0 aliphatic carbocycles. The Morgan fingerprint density at radius 3 is 1.34 bits per heavy atom. The molecule has 0 aliphatic rings. The van der Waals surface area contributed by atoms with E-state index in [1.54, 1.807) is 48.5 Å². The molecule has 0 fully saturated rings. The van der Waals surface area contributed by atoms with E-state index in [-0.39, 0.29) is 66.1 Å². The Hall–Kier alpha value is -7.12. The largest absolute Gasteiger partial charge is 0.457 e. The summed E-state index contributed by atoms with van der Waals surface area (Å²) in [6.45, 7) is -1.02. The van der Waals surface area contributed by atoms with Crippen molar-refractivity contribution in [1.82, 2.24) is 19.9 Å². The van der Waals surface area contributed by atoms with Gasteiger partial charge in [-0.1, -0.05) is 0 Å². The number of rotatable bonds is 16. The average Bonchev–Trinajstić information content (AvgIpc) is 3.24. The van der Waals surface area contributed by atoms with Crippen LogP contribution in [-0.2, 0) is 0 Å². The number of nitrogens with zero attached hydrogens (tertiary/aromatic N) is 4. The number of primary amides is 2. The summed E-state index contributed by atoms with van der Waals surface area (Å²) in [5.41, 5.74) is 11.9. The van der Waals surface area contributed by atoms with Crippen molar-refractivity contribution in [2.45, 2.75) is 12.1 Å². The van der Waals surface area contributed by atoms with Gasteiger partial charge in [0.25, 0.3) is 11.8 Å². The van der Waals surface area contributed by atoms with E-state index in [9.17, 15) is 33.7 Å². The Morgan fingerprint density at radius 2 is 0.966 bits per heavy atom. The number of amides is 2. The Labute approximate surface area is 329 Å². The van der Waals surface area contributed by atoms with Crippen LogP contribution < -0.4 is 31.6 Å². The summed E-state index contributed by atoms with van der Waals surface area (Å²) in [5, 5.41) is 42.5. The molecule has 6 rings (SSSR count). The van der Waals surface area contributed by atoms with Gasteiger partial charge in [0.1, 0.15) is 57.7 Å². The molecular formula is C40H38F2N8O8.